The summed E-state index contributed by atoms with van der Waals surface area (Å²) < 4.78 is 5.35. The summed E-state index contributed by atoms with van der Waals surface area (Å²) in [5.41, 5.74) is 4.77. The number of rotatable bonds is 5. The fourth-order valence-electron chi connectivity index (χ4n) is 1.35. The predicted octanol–water partition coefficient (Wildman–Crippen LogP) is 1.43. The molecule has 0 radical (unpaired) electrons. The molecule has 1 unspecified atom stereocenters. The van der Waals surface area contributed by atoms with Gasteiger partial charge in [-0.1, -0.05) is 19.3 Å². The van der Waals surface area contributed by atoms with Crippen molar-refractivity contribution in [2.24, 2.45) is 11.7 Å². The van der Waals surface area contributed by atoms with E-state index in [1.54, 1.807) is 6.92 Å². The van der Waals surface area contributed by atoms with Crippen LogP contribution >= 0.6 is 0 Å². The van der Waals surface area contributed by atoms with Crippen LogP contribution in [0.3, 0.4) is 0 Å². The molecule has 13 heavy (non-hydrogen) atoms. The van der Waals surface area contributed by atoms with Crippen molar-refractivity contribution in [2.45, 2.75) is 38.1 Å². The summed E-state index contributed by atoms with van der Waals surface area (Å²) in [5, 5.41) is 8.60. The smallest absolute Gasteiger partial charge is 0.124 e. The Kier molecular flexibility index (Phi) is 3.71. The lowest BCUT2D eigenvalue weighted by Crippen LogP contribution is -2.39. The third kappa shape index (κ3) is 3.75. The number of nitriles is 1. The van der Waals surface area contributed by atoms with Gasteiger partial charge in [-0.15, -0.1) is 0 Å². The predicted molar refractivity (Wildman–Crippen MR) is 51.0 cm³/mol. The molecule has 0 saturated heterocycles. The van der Waals surface area contributed by atoms with Crippen molar-refractivity contribution in [1.29, 1.82) is 5.26 Å². The van der Waals surface area contributed by atoms with Gasteiger partial charge in [0, 0.05) is 6.61 Å². The second kappa shape index (κ2) is 4.59. The molecule has 0 amide bonds. The minimum absolute atomic E-state index is 0.343. The highest BCUT2D eigenvalue weighted by Crippen LogP contribution is 2.29. The van der Waals surface area contributed by atoms with Crippen LogP contribution < -0.4 is 5.73 Å². The number of hydrogen-bond acceptors (Lipinski definition) is 3. The minimum atomic E-state index is -0.820. The highest BCUT2D eigenvalue weighted by molar-refractivity contribution is 5.00. The number of hydrogen-bond donors (Lipinski definition) is 1. The van der Waals surface area contributed by atoms with Gasteiger partial charge in [-0.2, -0.15) is 5.26 Å². The van der Waals surface area contributed by atoms with Gasteiger partial charge < -0.3 is 10.5 Å². The summed E-state index contributed by atoms with van der Waals surface area (Å²) in [6.07, 6.45) is 5.20. The molecule has 3 nitrogen and oxygen atoms in total. The highest BCUT2D eigenvalue weighted by atomic mass is 16.5. The van der Waals surface area contributed by atoms with E-state index in [2.05, 4.69) is 0 Å². The molecule has 74 valence electrons. The fourth-order valence-corrected chi connectivity index (χ4v) is 1.35. The Hall–Kier alpha value is -0.590. The molecule has 1 aliphatic rings. The molecule has 1 fully saturated rings. The molecule has 0 aromatic carbocycles. The molecule has 0 heterocycles. The first kappa shape index (κ1) is 10.5. The first-order valence-electron chi connectivity index (χ1n) is 4.92. The molecule has 1 aliphatic carbocycles. The zero-order valence-electron chi connectivity index (χ0n) is 8.25. The molecule has 0 bridgehead atoms. The van der Waals surface area contributed by atoms with Crippen LogP contribution in [0.1, 0.15) is 32.6 Å². The van der Waals surface area contributed by atoms with Gasteiger partial charge in [0.15, 0.2) is 0 Å². The maximum absolute atomic E-state index is 8.60. The quantitative estimate of drug-likeness (QED) is 0.654. The number of ether oxygens (including phenoxy) is 1. The van der Waals surface area contributed by atoms with Crippen LogP contribution in [-0.2, 0) is 4.74 Å². The van der Waals surface area contributed by atoms with E-state index in [9.17, 15) is 0 Å². The summed E-state index contributed by atoms with van der Waals surface area (Å²) >= 11 is 0. The molecule has 0 aromatic heterocycles. The second-order valence-electron chi connectivity index (χ2n) is 4.17. The summed E-state index contributed by atoms with van der Waals surface area (Å²) in [7, 11) is 0. The van der Waals surface area contributed by atoms with Gasteiger partial charge in [-0.3, -0.25) is 0 Å². The van der Waals surface area contributed by atoms with Crippen LogP contribution in [0, 0.1) is 17.2 Å². The number of nitrogens with zero attached hydrogens (tertiary/aromatic N) is 1. The average Bonchev–Trinajstić information content (AvgIpc) is 2.01. The molecule has 0 aromatic rings. The lowest BCUT2D eigenvalue weighted by molar-refractivity contribution is 0.0859. The van der Waals surface area contributed by atoms with Crippen molar-refractivity contribution >= 4 is 0 Å². The first-order chi connectivity index (χ1) is 6.14. The van der Waals surface area contributed by atoms with Gasteiger partial charge in [-0.05, 0) is 19.3 Å². The maximum atomic E-state index is 8.60. The van der Waals surface area contributed by atoms with E-state index in [4.69, 9.17) is 15.7 Å². The van der Waals surface area contributed by atoms with Gasteiger partial charge in [0.2, 0.25) is 0 Å². The number of nitrogens with two attached hydrogens (primary N) is 1. The highest BCUT2D eigenvalue weighted by Gasteiger charge is 2.19. The van der Waals surface area contributed by atoms with Gasteiger partial charge in [0.25, 0.3) is 0 Å². The molecular weight excluding hydrogens is 164 g/mol. The normalized spacial score (nSPS) is 21.6. The van der Waals surface area contributed by atoms with Gasteiger partial charge >= 0.3 is 0 Å². The van der Waals surface area contributed by atoms with Crippen LogP contribution in [0.5, 0.6) is 0 Å². The summed E-state index contributed by atoms with van der Waals surface area (Å²) in [4.78, 5) is 0. The second-order valence-corrected chi connectivity index (χ2v) is 4.17. The standard InChI is InChI=1S/C10H18N2O/c1-10(12,7-11)8-13-6-5-9-3-2-4-9/h9H,2-6,8,12H2,1H3. The van der Waals surface area contributed by atoms with Crippen molar-refractivity contribution in [2.75, 3.05) is 13.2 Å². The molecular formula is C10H18N2O. The topological polar surface area (TPSA) is 59.0 Å². The Morgan fingerprint density at radius 2 is 2.31 bits per heavy atom. The van der Waals surface area contributed by atoms with Crippen LogP contribution in [-0.4, -0.2) is 18.8 Å². The maximum Gasteiger partial charge on any atom is 0.124 e. The Morgan fingerprint density at radius 1 is 1.62 bits per heavy atom. The molecule has 1 saturated carbocycles. The van der Waals surface area contributed by atoms with Gasteiger partial charge in [0.1, 0.15) is 5.54 Å². The van der Waals surface area contributed by atoms with Crippen LogP contribution in [0.4, 0.5) is 0 Å². The van der Waals surface area contributed by atoms with Crippen LogP contribution in [0.25, 0.3) is 0 Å². The molecule has 2 N–H and O–H groups in total. The van der Waals surface area contributed by atoms with Gasteiger partial charge in [0.05, 0.1) is 12.7 Å². The van der Waals surface area contributed by atoms with Crippen molar-refractivity contribution in [3.63, 3.8) is 0 Å². The minimum Gasteiger partial charge on any atom is -0.378 e. The zero-order valence-corrected chi connectivity index (χ0v) is 8.25. The van der Waals surface area contributed by atoms with Crippen molar-refractivity contribution in [3.05, 3.63) is 0 Å². The van der Waals surface area contributed by atoms with E-state index in [1.807, 2.05) is 6.07 Å². The lowest BCUT2D eigenvalue weighted by atomic mass is 9.83. The Balaban J connectivity index is 1.97. The largest absolute Gasteiger partial charge is 0.378 e. The molecule has 1 atom stereocenters. The third-order valence-electron chi connectivity index (χ3n) is 2.55. The van der Waals surface area contributed by atoms with Crippen molar-refractivity contribution < 1.29 is 4.74 Å². The van der Waals surface area contributed by atoms with E-state index in [1.165, 1.54) is 19.3 Å². The summed E-state index contributed by atoms with van der Waals surface area (Å²) in [6, 6.07) is 2.01. The fraction of sp³-hybridized carbons (Fsp3) is 0.900. The van der Waals surface area contributed by atoms with E-state index >= 15 is 0 Å². The van der Waals surface area contributed by atoms with E-state index in [0.29, 0.717) is 6.61 Å². The van der Waals surface area contributed by atoms with E-state index in [0.717, 1.165) is 18.9 Å². The molecule has 1 rings (SSSR count). The van der Waals surface area contributed by atoms with Crippen molar-refractivity contribution in [1.82, 2.24) is 0 Å². The van der Waals surface area contributed by atoms with Crippen LogP contribution in [0.15, 0.2) is 0 Å². The first-order valence-corrected chi connectivity index (χ1v) is 4.92. The molecule has 0 spiro atoms. The monoisotopic (exact) mass is 182 g/mol. The lowest BCUT2D eigenvalue weighted by Gasteiger charge is -2.25. The average molecular weight is 182 g/mol. The zero-order chi connectivity index (χ0) is 9.73. The van der Waals surface area contributed by atoms with E-state index < -0.39 is 5.54 Å². The summed E-state index contributed by atoms with van der Waals surface area (Å²) in [5.74, 6) is 0.867. The Labute approximate surface area is 79.9 Å². The van der Waals surface area contributed by atoms with Crippen molar-refractivity contribution in [3.8, 4) is 6.07 Å². The Morgan fingerprint density at radius 3 is 2.77 bits per heavy atom. The molecule has 0 aliphatic heterocycles. The van der Waals surface area contributed by atoms with E-state index in [-0.39, 0.29) is 0 Å². The third-order valence-corrected chi connectivity index (χ3v) is 2.55. The SMILES string of the molecule is CC(N)(C#N)COCCC1CCC1. The molecule has 3 heteroatoms. The van der Waals surface area contributed by atoms with Crippen LogP contribution in [0.2, 0.25) is 0 Å². The van der Waals surface area contributed by atoms with Gasteiger partial charge in [-0.25, -0.2) is 0 Å². The Bertz CT molecular complexity index is 192. The summed E-state index contributed by atoms with van der Waals surface area (Å²) in [6.45, 7) is 2.78.